The molecule has 0 aromatic carbocycles. The van der Waals surface area contributed by atoms with Crippen molar-refractivity contribution in [1.82, 2.24) is 9.80 Å². The third-order valence-electron chi connectivity index (χ3n) is 4.07. The van der Waals surface area contributed by atoms with Gasteiger partial charge in [0.25, 0.3) is 0 Å². The molecule has 98 valence electrons. The number of piperidine rings is 1. The summed E-state index contributed by atoms with van der Waals surface area (Å²) in [5, 5.41) is 0. The predicted molar refractivity (Wildman–Crippen MR) is 68.7 cm³/mol. The second kappa shape index (κ2) is 5.83. The van der Waals surface area contributed by atoms with Crippen LogP contribution in [0.2, 0.25) is 0 Å². The second-order valence-electron chi connectivity index (χ2n) is 5.36. The van der Waals surface area contributed by atoms with Gasteiger partial charge in [-0.2, -0.15) is 0 Å². The Kier molecular flexibility index (Phi) is 4.40. The number of amides is 1. The van der Waals surface area contributed by atoms with E-state index in [-0.39, 0.29) is 11.9 Å². The number of carbonyl (C=O) groups is 1. The summed E-state index contributed by atoms with van der Waals surface area (Å²) in [7, 11) is 0. The maximum absolute atomic E-state index is 12.1. The maximum Gasteiger partial charge on any atom is 0.239 e. The highest BCUT2D eigenvalue weighted by Gasteiger charge is 2.32. The number of rotatable bonds is 3. The molecule has 0 aromatic rings. The lowest BCUT2D eigenvalue weighted by molar-refractivity contribution is -0.136. The Morgan fingerprint density at radius 3 is 2.94 bits per heavy atom. The van der Waals surface area contributed by atoms with E-state index < -0.39 is 0 Å². The molecule has 0 bridgehead atoms. The smallest absolute Gasteiger partial charge is 0.239 e. The van der Waals surface area contributed by atoms with E-state index in [4.69, 9.17) is 5.73 Å². The van der Waals surface area contributed by atoms with Crippen molar-refractivity contribution in [3.05, 3.63) is 0 Å². The predicted octanol–water partition coefficient (Wildman–Crippen LogP) is 0.811. The lowest BCUT2D eigenvalue weighted by Gasteiger charge is -2.44. The molecule has 0 aromatic heterocycles. The molecule has 2 aliphatic heterocycles. The topological polar surface area (TPSA) is 49.6 Å². The van der Waals surface area contributed by atoms with Crippen LogP contribution in [0.15, 0.2) is 0 Å². The largest absolute Gasteiger partial charge is 0.338 e. The van der Waals surface area contributed by atoms with Crippen LogP contribution >= 0.6 is 0 Å². The molecule has 0 unspecified atom stereocenters. The van der Waals surface area contributed by atoms with Gasteiger partial charge in [-0.25, -0.2) is 0 Å². The third kappa shape index (κ3) is 2.99. The Morgan fingerprint density at radius 1 is 1.35 bits per heavy atom. The minimum Gasteiger partial charge on any atom is -0.338 e. The summed E-state index contributed by atoms with van der Waals surface area (Å²) >= 11 is 0. The molecule has 0 radical (unpaired) electrons. The highest BCUT2D eigenvalue weighted by atomic mass is 16.2. The van der Waals surface area contributed by atoms with Crippen LogP contribution in [0.5, 0.6) is 0 Å². The second-order valence-corrected chi connectivity index (χ2v) is 5.36. The SMILES string of the molecule is CCC[C@H](N)C(=O)N1CCN2CCCC[C@H]2C1. The zero-order chi connectivity index (χ0) is 12.3. The van der Waals surface area contributed by atoms with Gasteiger partial charge in [-0.15, -0.1) is 0 Å². The first-order valence-corrected chi connectivity index (χ1v) is 7.00. The standard InChI is InChI=1S/C13H25N3O/c1-2-5-12(14)13(17)16-9-8-15-7-4-3-6-11(15)10-16/h11-12H,2-10,14H2,1H3/t11-,12-/m0/s1. The van der Waals surface area contributed by atoms with Gasteiger partial charge in [0.2, 0.25) is 5.91 Å². The van der Waals surface area contributed by atoms with Gasteiger partial charge >= 0.3 is 0 Å². The molecule has 2 aliphatic rings. The van der Waals surface area contributed by atoms with Crippen molar-refractivity contribution in [2.75, 3.05) is 26.2 Å². The first-order valence-electron chi connectivity index (χ1n) is 7.00. The van der Waals surface area contributed by atoms with Crippen LogP contribution < -0.4 is 5.73 Å². The lowest BCUT2D eigenvalue weighted by atomic mass is 9.99. The fourth-order valence-corrected chi connectivity index (χ4v) is 3.03. The molecular formula is C13H25N3O. The van der Waals surface area contributed by atoms with Crippen molar-refractivity contribution in [1.29, 1.82) is 0 Å². The van der Waals surface area contributed by atoms with E-state index in [1.165, 1.54) is 25.8 Å². The Bertz CT molecular complexity index is 269. The fourth-order valence-electron chi connectivity index (χ4n) is 3.03. The molecule has 0 saturated carbocycles. The zero-order valence-corrected chi connectivity index (χ0v) is 10.9. The summed E-state index contributed by atoms with van der Waals surface area (Å²) in [6.45, 7) is 6.10. The molecule has 2 rings (SSSR count). The van der Waals surface area contributed by atoms with Crippen LogP contribution in [-0.2, 0) is 4.79 Å². The highest BCUT2D eigenvalue weighted by Crippen LogP contribution is 2.21. The number of piperazine rings is 1. The summed E-state index contributed by atoms with van der Waals surface area (Å²) in [4.78, 5) is 16.7. The Morgan fingerprint density at radius 2 is 2.18 bits per heavy atom. The van der Waals surface area contributed by atoms with Crippen molar-refractivity contribution < 1.29 is 4.79 Å². The normalized spacial score (nSPS) is 27.6. The summed E-state index contributed by atoms with van der Waals surface area (Å²) in [6, 6.07) is 0.311. The highest BCUT2D eigenvalue weighted by molar-refractivity contribution is 5.81. The van der Waals surface area contributed by atoms with Crippen LogP contribution in [0.3, 0.4) is 0 Å². The van der Waals surface area contributed by atoms with Crippen LogP contribution in [0.1, 0.15) is 39.0 Å². The quantitative estimate of drug-likeness (QED) is 0.793. The number of nitrogens with zero attached hydrogens (tertiary/aromatic N) is 2. The van der Waals surface area contributed by atoms with Gasteiger partial charge in [0.05, 0.1) is 6.04 Å². The van der Waals surface area contributed by atoms with Crippen LogP contribution in [0.25, 0.3) is 0 Å². The molecule has 2 heterocycles. The van der Waals surface area contributed by atoms with Gasteiger partial charge in [0.1, 0.15) is 0 Å². The van der Waals surface area contributed by atoms with E-state index >= 15 is 0 Å². The molecule has 2 atom stereocenters. The Hall–Kier alpha value is -0.610. The minimum atomic E-state index is -0.282. The van der Waals surface area contributed by atoms with Crippen molar-refractivity contribution in [3.8, 4) is 0 Å². The summed E-state index contributed by atoms with van der Waals surface area (Å²) in [5.41, 5.74) is 5.92. The van der Waals surface area contributed by atoms with E-state index in [2.05, 4.69) is 11.8 Å². The lowest BCUT2D eigenvalue weighted by Crippen LogP contribution is -2.58. The van der Waals surface area contributed by atoms with Gasteiger partial charge in [-0.3, -0.25) is 9.69 Å². The number of nitrogens with two attached hydrogens (primary N) is 1. The van der Waals surface area contributed by atoms with Crippen molar-refractivity contribution in [2.45, 2.75) is 51.1 Å². The van der Waals surface area contributed by atoms with E-state index in [0.717, 1.165) is 32.5 Å². The van der Waals surface area contributed by atoms with Gasteiger partial charge in [0.15, 0.2) is 0 Å². The van der Waals surface area contributed by atoms with Gasteiger partial charge in [0, 0.05) is 25.7 Å². The molecule has 17 heavy (non-hydrogen) atoms. The Balaban J connectivity index is 1.88. The van der Waals surface area contributed by atoms with E-state index in [0.29, 0.717) is 6.04 Å². The summed E-state index contributed by atoms with van der Waals surface area (Å²) in [5.74, 6) is 0.164. The van der Waals surface area contributed by atoms with Crippen LogP contribution in [-0.4, -0.2) is 54.0 Å². The summed E-state index contributed by atoms with van der Waals surface area (Å²) < 4.78 is 0. The molecule has 2 fully saturated rings. The number of hydrogen-bond donors (Lipinski definition) is 1. The van der Waals surface area contributed by atoms with Gasteiger partial charge < -0.3 is 10.6 Å². The van der Waals surface area contributed by atoms with Crippen LogP contribution in [0, 0.1) is 0 Å². The molecule has 1 amide bonds. The Labute approximate surface area is 104 Å². The molecular weight excluding hydrogens is 214 g/mol. The van der Waals surface area contributed by atoms with Gasteiger partial charge in [-0.05, 0) is 25.8 Å². The maximum atomic E-state index is 12.1. The molecule has 4 nitrogen and oxygen atoms in total. The summed E-state index contributed by atoms with van der Waals surface area (Å²) in [6.07, 6.45) is 5.66. The third-order valence-corrected chi connectivity index (χ3v) is 4.07. The number of hydrogen-bond acceptors (Lipinski definition) is 3. The minimum absolute atomic E-state index is 0.164. The molecule has 0 spiro atoms. The van der Waals surface area contributed by atoms with Crippen molar-refractivity contribution in [3.63, 3.8) is 0 Å². The van der Waals surface area contributed by atoms with Crippen LogP contribution in [0.4, 0.5) is 0 Å². The molecule has 2 saturated heterocycles. The van der Waals surface area contributed by atoms with Crippen molar-refractivity contribution >= 4 is 5.91 Å². The number of fused-ring (bicyclic) bond motifs is 1. The van der Waals surface area contributed by atoms with Crippen molar-refractivity contribution in [2.24, 2.45) is 5.73 Å². The average Bonchev–Trinajstić information content (AvgIpc) is 2.37. The first-order chi connectivity index (χ1) is 8.22. The van der Waals surface area contributed by atoms with E-state index in [1.54, 1.807) is 0 Å². The fraction of sp³-hybridized carbons (Fsp3) is 0.923. The zero-order valence-electron chi connectivity index (χ0n) is 10.9. The van der Waals surface area contributed by atoms with E-state index in [9.17, 15) is 4.79 Å². The number of carbonyl (C=O) groups excluding carboxylic acids is 1. The van der Waals surface area contributed by atoms with E-state index in [1.807, 2.05) is 4.90 Å². The first kappa shape index (κ1) is 12.8. The monoisotopic (exact) mass is 239 g/mol. The average molecular weight is 239 g/mol. The molecule has 4 heteroatoms. The molecule has 2 N–H and O–H groups in total. The van der Waals surface area contributed by atoms with Gasteiger partial charge in [-0.1, -0.05) is 19.8 Å². The molecule has 0 aliphatic carbocycles.